The van der Waals surface area contributed by atoms with Crippen molar-refractivity contribution >= 4 is 17.2 Å². The summed E-state index contributed by atoms with van der Waals surface area (Å²) >= 11 is 1.55. The minimum Gasteiger partial charge on any atom is -0.484 e. The smallest absolute Gasteiger partial charge is 0.261 e. The third-order valence-electron chi connectivity index (χ3n) is 3.60. The Hall–Kier alpha value is -1.99. The molecule has 3 rings (SSSR count). The Labute approximate surface area is 137 Å². The van der Waals surface area contributed by atoms with Crippen LogP contribution in [0, 0.1) is 12.7 Å². The van der Waals surface area contributed by atoms with Crippen LogP contribution in [0.5, 0.6) is 5.75 Å². The number of rotatable bonds is 4. The standard InChI is InChI=1S/C16H17FN2O3S/c1-11-18-14(10-23-11)15-8-21-7-6-19(15)16(20)9-22-13-4-2-12(17)3-5-13/h2-5,10,15H,6-9H2,1H3/t15-/m0/s1. The number of hydrogen-bond donors (Lipinski definition) is 0. The summed E-state index contributed by atoms with van der Waals surface area (Å²) in [5, 5.41) is 2.91. The van der Waals surface area contributed by atoms with Crippen LogP contribution in [0.15, 0.2) is 29.6 Å². The quantitative estimate of drug-likeness (QED) is 0.861. The van der Waals surface area contributed by atoms with Gasteiger partial charge in [-0.15, -0.1) is 11.3 Å². The van der Waals surface area contributed by atoms with Crippen LogP contribution in [-0.2, 0) is 9.53 Å². The number of aromatic nitrogens is 1. The second-order valence-electron chi connectivity index (χ2n) is 5.21. The van der Waals surface area contributed by atoms with E-state index in [0.717, 1.165) is 10.7 Å². The average molecular weight is 336 g/mol. The van der Waals surface area contributed by atoms with Crippen molar-refractivity contribution < 1.29 is 18.7 Å². The van der Waals surface area contributed by atoms with E-state index in [4.69, 9.17) is 9.47 Å². The number of halogens is 1. The minimum atomic E-state index is -0.337. The molecule has 1 aromatic heterocycles. The molecule has 1 saturated heterocycles. The van der Waals surface area contributed by atoms with Crippen molar-refractivity contribution in [1.82, 2.24) is 9.88 Å². The Morgan fingerprint density at radius 1 is 1.48 bits per heavy atom. The number of carbonyl (C=O) groups excluding carboxylic acids is 1. The molecule has 0 N–H and O–H groups in total. The van der Waals surface area contributed by atoms with Crippen LogP contribution in [0.1, 0.15) is 16.7 Å². The summed E-state index contributed by atoms with van der Waals surface area (Å²) in [5.41, 5.74) is 0.849. The van der Waals surface area contributed by atoms with Crippen LogP contribution >= 0.6 is 11.3 Å². The second-order valence-corrected chi connectivity index (χ2v) is 6.27. The highest BCUT2D eigenvalue weighted by atomic mass is 32.1. The van der Waals surface area contributed by atoms with E-state index in [-0.39, 0.29) is 24.4 Å². The monoisotopic (exact) mass is 336 g/mol. The largest absolute Gasteiger partial charge is 0.484 e. The van der Waals surface area contributed by atoms with E-state index >= 15 is 0 Å². The minimum absolute atomic E-state index is 0.0920. The highest BCUT2D eigenvalue weighted by molar-refractivity contribution is 7.09. The van der Waals surface area contributed by atoms with Crippen molar-refractivity contribution in [3.05, 3.63) is 46.2 Å². The van der Waals surface area contributed by atoms with Crippen molar-refractivity contribution in [2.45, 2.75) is 13.0 Å². The van der Waals surface area contributed by atoms with E-state index in [1.54, 1.807) is 16.2 Å². The first-order valence-electron chi connectivity index (χ1n) is 7.31. The van der Waals surface area contributed by atoms with Crippen molar-refractivity contribution in [3.63, 3.8) is 0 Å². The zero-order chi connectivity index (χ0) is 16.2. The van der Waals surface area contributed by atoms with Crippen molar-refractivity contribution in [2.24, 2.45) is 0 Å². The van der Waals surface area contributed by atoms with Gasteiger partial charge in [-0.3, -0.25) is 4.79 Å². The Balaban J connectivity index is 1.65. The summed E-state index contributed by atoms with van der Waals surface area (Å²) in [6, 6.07) is 5.43. The fourth-order valence-electron chi connectivity index (χ4n) is 2.44. The molecule has 0 aliphatic carbocycles. The van der Waals surface area contributed by atoms with Crippen molar-refractivity contribution in [2.75, 3.05) is 26.4 Å². The SMILES string of the molecule is Cc1nc([C@@H]2COCCN2C(=O)COc2ccc(F)cc2)cs1. The summed E-state index contributed by atoms with van der Waals surface area (Å²) in [7, 11) is 0. The van der Waals surface area contributed by atoms with E-state index < -0.39 is 0 Å². The lowest BCUT2D eigenvalue weighted by Crippen LogP contribution is -2.45. The van der Waals surface area contributed by atoms with Crippen LogP contribution in [0.25, 0.3) is 0 Å². The number of nitrogens with zero attached hydrogens (tertiary/aromatic N) is 2. The lowest BCUT2D eigenvalue weighted by atomic mass is 10.1. The maximum Gasteiger partial charge on any atom is 0.261 e. The number of benzene rings is 1. The third kappa shape index (κ3) is 3.86. The normalized spacial score (nSPS) is 18.0. The molecule has 0 saturated carbocycles. The first-order chi connectivity index (χ1) is 11.1. The van der Waals surface area contributed by atoms with Crippen LogP contribution in [0.4, 0.5) is 4.39 Å². The van der Waals surface area contributed by atoms with E-state index in [0.29, 0.717) is 25.5 Å². The van der Waals surface area contributed by atoms with Gasteiger partial charge < -0.3 is 14.4 Å². The first-order valence-corrected chi connectivity index (χ1v) is 8.19. The third-order valence-corrected chi connectivity index (χ3v) is 4.39. The highest BCUT2D eigenvalue weighted by Crippen LogP contribution is 2.25. The average Bonchev–Trinajstić information content (AvgIpc) is 3.00. The van der Waals surface area contributed by atoms with E-state index in [9.17, 15) is 9.18 Å². The van der Waals surface area contributed by atoms with E-state index in [1.807, 2.05) is 12.3 Å². The molecule has 1 atom stereocenters. The van der Waals surface area contributed by atoms with Gasteiger partial charge in [-0.1, -0.05) is 0 Å². The van der Waals surface area contributed by atoms with Crippen LogP contribution < -0.4 is 4.74 Å². The highest BCUT2D eigenvalue weighted by Gasteiger charge is 2.30. The Bertz CT molecular complexity index is 674. The van der Waals surface area contributed by atoms with E-state index in [2.05, 4.69) is 4.98 Å². The van der Waals surface area contributed by atoms with Gasteiger partial charge in [0.1, 0.15) is 11.6 Å². The number of thiazole rings is 1. The Morgan fingerprint density at radius 3 is 2.96 bits per heavy atom. The summed E-state index contributed by atoms with van der Waals surface area (Å²) in [6.07, 6.45) is 0. The molecule has 0 spiro atoms. The summed E-state index contributed by atoms with van der Waals surface area (Å²) in [6.45, 7) is 3.28. The maximum atomic E-state index is 12.9. The molecule has 1 amide bonds. The van der Waals surface area contributed by atoms with Gasteiger partial charge in [0.05, 0.1) is 30.0 Å². The summed E-state index contributed by atoms with van der Waals surface area (Å²) < 4.78 is 23.8. The van der Waals surface area contributed by atoms with Gasteiger partial charge in [-0.05, 0) is 31.2 Å². The number of carbonyl (C=O) groups is 1. The van der Waals surface area contributed by atoms with Gasteiger partial charge in [0.15, 0.2) is 6.61 Å². The molecular formula is C16H17FN2O3S. The number of aryl methyl sites for hydroxylation is 1. The molecule has 1 aromatic carbocycles. The molecule has 23 heavy (non-hydrogen) atoms. The molecule has 2 heterocycles. The van der Waals surface area contributed by atoms with Crippen LogP contribution in [-0.4, -0.2) is 42.2 Å². The van der Waals surface area contributed by atoms with E-state index in [1.165, 1.54) is 24.3 Å². The van der Waals surface area contributed by atoms with Crippen LogP contribution in [0.3, 0.4) is 0 Å². The zero-order valence-corrected chi connectivity index (χ0v) is 13.5. The molecule has 2 aromatic rings. The molecule has 0 radical (unpaired) electrons. The Morgan fingerprint density at radius 2 is 2.26 bits per heavy atom. The lowest BCUT2D eigenvalue weighted by molar-refractivity contribution is -0.142. The van der Waals surface area contributed by atoms with Gasteiger partial charge >= 0.3 is 0 Å². The molecular weight excluding hydrogens is 319 g/mol. The fraction of sp³-hybridized carbons (Fsp3) is 0.375. The molecule has 0 unspecified atom stereocenters. The predicted molar refractivity (Wildman–Crippen MR) is 84.0 cm³/mol. The molecule has 1 aliphatic rings. The van der Waals surface area contributed by atoms with Crippen molar-refractivity contribution in [1.29, 1.82) is 0 Å². The predicted octanol–water partition coefficient (Wildman–Crippen LogP) is 2.57. The molecule has 1 aliphatic heterocycles. The number of morpholine rings is 1. The number of ether oxygens (including phenoxy) is 2. The topological polar surface area (TPSA) is 51.7 Å². The first kappa shape index (κ1) is 15.9. The second kappa shape index (κ2) is 7.06. The van der Waals surface area contributed by atoms with Crippen molar-refractivity contribution in [3.8, 4) is 5.75 Å². The van der Waals surface area contributed by atoms with Gasteiger partial charge in [0.25, 0.3) is 5.91 Å². The lowest BCUT2D eigenvalue weighted by Gasteiger charge is -2.34. The molecule has 7 heteroatoms. The molecule has 5 nitrogen and oxygen atoms in total. The Kier molecular flexibility index (Phi) is 4.88. The molecule has 1 fully saturated rings. The molecule has 0 bridgehead atoms. The van der Waals surface area contributed by atoms with Gasteiger partial charge in [0.2, 0.25) is 0 Å². The molecule has 122 valence electrons. The maximum absolute atomic E-state index is 12.9. The summed E-state index contributed by atoms with van der Waals surface area (Å²) in [5.74, 6) is -0.00170. The van der Waals surface area contributed by atoms with Gasteiger partial charge in [-0.2, -0.15) is 0 Å². The zero-order valence-electron chi connectivity index (χ0n) is 12.7. The van der Waals surface area contributed by atoms with Gasteiger partial charge in [0, 0.05) is 11.9 Å². The van der Waals surface area contributed by atoms with Crippen LogP contribution in [0.2, 0.25) is 0 Å². The number of hydrogen-bond acceptors (Lipinski definition) is 5. The fourth-order valence-corrected chi connectivity index (χ4v) is 3.10. The van der Waals surface area contributed by atoms with Gasteiger partial charge in [-0.25, -0.2) is 9.37 Å². The number of amides is 1. The summed E-state index contributed by atoms with van der Waals surface area (Å²) in [4.78, 5) is 18.7.